The van der Waals surface area contributed by atoms with Gasteiger partial charge < -0.3 is 19.5 Å². The van der Waals surface area contributed by atoms with Crippen LogP contribution in [0.4, 0.5) is 0 Å². The zero-order chi connectivity index (χ0) is 20.9. The van der Waals surface area contributed by atoms with Crippen molar-refractivity contribution in [2.24, 2.45) is 0 Å². The SMILES string of the molecule is O=C(NCCc1c[nH]c2ccc(Cl)cc12)c1cc(=O)c(OCc2ccccc2)co1. The molecule has 0 saturated carbocycles. The van der Waals surface area contributed by atoms with Crippen molar-refractivity contribution in [2.75, 3.05) is 6.54 Å². The van der Waals surface area contributed by atoms with Gasteiger partial charge in [-0.1, -0.05) is 41.9 Å². The van der Waals surface area contributed by atoms with Crippen molar-refractivity contribution in [1.82, 2.24) is 10.3 Å². The molecular formula is C23H19ClN2O4. The van der Waals surface area contributed by atoms with E-state index in [1.807, 2.05) is 54.7 Å². The second-order valence-corrected chi connectivity index (χ2v) is 7.19. The van der Waals surface area contributed by atoms with Crippen molar-refractivity contribution in [3.8, 4) is 5.75 Å². The Balaban J connectivity index is 1.34. The summed E-state index contributed by atoms with van der Waals surface area (Å²) in [7, 11) is 0. The number of hydrogen-bond acceptors (Lipinski definition) is 4. The molecule has 2 aromatic heterocycles. The van der Waals surface area contributed by atoms with Crippen LogP contribution in [0.25, 0.3) is 10.9 Å². The topological polar surface area (TPSA) is 84.3 Å². The number of rotatable bonds is 7. The average Bonchev–Trinajstić information content (AvgIpc) is 3.15. The second kappa shape index (κ2) is 8.88. The fraction of sp³-hybridized carbons (Fsp3) is 0.130. The Kier molecular flexibility index (Phi) is 5.86. The van der Waals surface area contributed by atoms with Gasteiger partial charge in [-0.15, -0.1) is 0 Å². The molecule has 0 aliphatic carbocycles. The Labute approximate surface area is 177 Å². The first-order chi connectivity index (χ1) is 14.6. The smallest absolute Gasteiger partial charge is 0.287 e. The molecule has 2 N–H and O–H groups in total. The first-order valence-corrected chi connectivity index (χ1v) is 9.81. The highest BCUT2D eigenvalue weighted by atomic mass is 35.5. The minimum atomic E-state index is -0.459. The lowest BCUT2D eigenvalue weighted by molar-refractivity contribution is 0.0923. The molecule has 4 aromatic rings. The minimum Gasteiger partial charge on any atom is -0.482 e. The number of H-pyrrole nitrogens is 1. The summed E-state index contributed by atoms with van der Waals surface area (Å²) in [5, 5.41) is 4.43. The van der Waals surface area contributed by atoms with Crippen molar-refractivity contribution in [1.29, 1.82) is 0 Å². The standard InChI is InChI=1S/C23H19ClN2O4/c24-17-6-7-19-18(10-17)16(12-26-19)8-9-25-23(28)21-11-20(27)22(14-30-21)29-13-15-4-2-1-3-5-15/h1-7,10-12,14,26H,8-9,13H2,(H,25,28). The predicted molar refractivity (Wildman–Crippen MR) is 115 cm³/mol. The number of amides is 1. The lowest BCUT2D eigenvalue weighted by Crippen LogP contribution is -2.26. The third-order valence-corrected chi connectivity index (χ3v) is 4.90. The maximum absolute atomic E-state index is 12.3. The molecule has 0 unspecified atom stereocenters. The zero-order valence-electron chi connectivity index (χ0n) is 16.0. The molecule has 0 aliphatic heterocycles. The number of nitrogens with one attached hydrogen (secondary N) is 2. The molecule has 152 valence electrons. The van der Waals surface area contributed by atoms with Gasteiger partial charge >= 0.3 is 0 Å². The Morgan fingerprint density at radius 1 is 1.13 bits per heavy atom. The fourth-order valence-corrected chi connectivity index (χ4v) is 3.29. The van der Waals surface area contributed by atoms with Gasteiger partial charge in [-0.25, -0.2) is 0 Å². The molecule has 0 spiro atoms. The van der Waals surface area contributed by atoms with Crippen molar-refractivity contribution < 1.29 is 13.9 Å². The molecule has 6 nitrogen and oxygen atoms in total. The van der Waals surface area contributed by atoms with Gasteiger partial charge in [0.25, 0.3) is 5.91 Å². The third-order valence-electron chi connectivity index (χ3n) is 4.67. The lowest BCUT2D eigenvalue weighted by Gasteiger charge is -2.07. The van der Waals surface area contributed by atoms with Gasteiger partial charge in [0.05, 0.1) is 0 Å². The van der Waals surface area contributed by atoms with E-state index in [4.69, 9.17) is 20.8 Å². The maximum atomic E-state index is 12.3. The molecule has 0 aliphatic rings. The van der Waals surface area contributed by atoms with Crippen LogP contribution < -0.4 is 15.5 Å². The summed E-state index contributed by atoms with van der Waals surface area (Å²) in [5.74, 6) is -0.459. The number of ether oxygens (including phenoxy) is 1. The molecule has 0 fully saturated rings. The molecule has 0 bridgehead atoms. The predicted octanol–water partition coefficient (Wildman–Crippen LogP) is 4.33. The van der Waals surface area contributed by atoms with E-state index < -0.39 is 11.3 Å². The van der Waals surface area contributed by atoms with Gasteiger partial charge in [0.1, 0.15) is 12.9 Å². The van der Waals surface area contributed by atoms with E-state index in [9.17, 15) is 9.59 Å². The van der Waals surface area contributed by atoms with Gasteiger partial charge in [0.15, 0.2) is 5.76 Å². The monoisotopic (exact) mass is 422 g/mol. The van der Waals surface area contributed by atoms with Crippen molar-refractivity contribution in [3.05, 3.63) is 99.2 Å². The van der Waals surface area contributed by atoms with Crippen molar-refractivity contribution >= 4 is 28.4 Å². The summed E-state index contributed by atoms with van der Waals surface area (Å²) >= 11 is 6.06. The molecule has 30 heavy (non-hydrogen) atoms. The molecule has 2 aromatic carbocycles. The van der Waals surface area contributed by atoms with Crippen LogP contribution in [-0.2, 0) is 13.0 Å². The molecule has 4 rings (SSSR count). The normalized spacial score (nSPS) is 10.8. The summed E-state index contributed by atoms with van der Waals surface area (Å²) in [4.78, 5) is 27.7. The number of carbonyl (C=O) groups is 1. The van der Waals surface area contributed by atoms with Crippen LogP contribution in [0, 0.1) is 0 Å². The highest BCUT2D eigenvalue weighted by molar-refractivity contribution is 6.31. The van der Waals surface area contributed by atoms with E-state index in [0.29, 0.717) is 18.0 Å². The molecule has 0 atom stereocenters. The summed E-state index contributed by atoms with van der Waals surface area (Å²) in [6, 6.07) is 16.2. The van der Waals surface area contributed by atoms with E-state index in [1.54, 1.807) is 0 Å². The number of hydrogen-bond donors (Lipinski definition) is 2. The van der Waals surface area contributed by atoms with Crippen LogP contribution in [0.1, 0.15) is 21.7 Å². The Bertz CT molecular complexity index is 1230. The summed E-state index contributed by atoms with van der Waals surface area (Å²) in [6.45, 7) is 0.625. The first kappa shape index (κ1) is 19.8. The zero-order valence-corrected chi connectivity index (χ0v) is 16.7. The van der Waals surface area contributed by atoms with Crippen LogP contribution >= 0.6 is 11.6 Å². The van der Waals surface area contributed by atoms with Crippen LogP contribution in [0.3, 0.4) is 0 Å². The maximum Gasteiger partial charge on any atom is 0.287 e. The van der Waals surface area contributed by atoms with Gasteiger partial charge in [0.2, 0.25) is 11.2 Å². The number of carbonyl (C=O) groups excluding carboxylic acids is 1. The number of benzene rings is 2. The molecule has 2 heterocycles. The average molecular weight is 423 g/mol. The highest BCUT2D eigenvalue weighted by Crippen LogP contribution is 2.22. The highest BCUT2D eigenvalue weighted by Gasteiger charge is 2.12. The van der Waals surface area contributed by atoms with E-state index in [-0.39, 0.29) is 18.1 Å². The molecule has 0 radical (unpaired) electrons. The Hall–Kier alpha value is -3.51. The fourth-order valence-electron chi connectivity index (χ4n) is 3.11. The van der Waals surface area contributed by atoms with E-state index in [2.05, 4.69) is 10.3 Å². The largest absolute Gasteiger partial charge is 0.482 e. The van der Waals surface area contributed by atoms with Crippen LogP contribution in [0.15, 0.2) is 76.3 Å². The Morgan fingerprint density at radius 3 is 2.77 bits per heavy atom. The van der Waals surface area contributed by atoms with Crippen LogP contribution in [0.2, 0.25) is 5.02 Å². The molecule has 0 saturated heterocycles. The van der Waals surface area contributed by atoms with Crippen molar-refractivity contribution in [2.45, 2.75) is 13.0 Å². The number of halogens is 1. The summed E-state index contributed by atoms with van der Waals surface area (Å²) in [5.41, 5.74) is 2.54. The molecule has 1 amide bonds. The summed E-state index contributed by atoms with van der Waals surface area (Å²) in [6.07, 6.45) is 3.67. The summed E-state index contributed by atoms with van der Waals surface area (Å²) < 4.78 is 10.8. The van der Waals surface area contributed by atoms with Crippen LogP contribution in [-0.4, -0.2) is 17.4 Å². The quantitative estimate of drug-likeness (QED) is 0.464. The van der Waals surface area contributed by atoms with Gasteiger partial charge in [0, 0.05) is 34.7 Å². The number of aromatic amines is 1. The lowest BCUT2D eigenvalue weighted by atomic mass is 10.1. The van der Waals surface area contributed by atoms with Gasteiger partial charge in [-0.3, -0.25) is 9.59 Å². The minimum absolute atomic E-state index is 0.0611. The van der Waals surface area contributed by atoms with Crippen molar-refractivity contribution in [3.63, 3.8) is 0 Å². The Morgan fingerprint density at radius 2 is 1.97 bits per heavy atom. The molecular weight excluding hydrogens is 404 g/mol. The first-order valence-electron chi connectivity index (χ1n) is 9.43. The number of fused-ring (bicyclic) bond motifs is 1. The van der Waals surface area contributed by atoms with E-state index in [0.717, 1.165) is 28.1 Å². The van der Waals surface area contributed by atoms with E-state index in [1.165, 1.54) is 6.26 Å². The number of aromatic nitrogens is 1. The second-order valence-electron chi connectivity index (χ2n) is 6.76. The third kappa shape index (κ3) is 4.55. The van der Waals surface area contributed by atoms with Gasteiger partial charge in [-0.2, -0.15) is 0 Å². The van der Waals surface area contributed by atoms with E-state index >= 15 is 0 Å². The van der Waals surface area contributed by atoms with Crippen LogP contribution in [0.5, 0.6) is 5.75 Å². The van der Waals surface area contributed by atoms with Gasteiger partial charge in [-0.05, 0) is 35.7 Å². The molecule has 7 heteroatoms.